The number of nitrogens with two attached hydrogens (primary N) is 1. The maximum absolute atomic E-state index is 11.4. The first-order valence-electron chi connectivity index (χ1n) is 7.26. The first kappa shape index (κ1) is 18.5. The van der Waals surface area contributed by atoms with Gasteiger partial charge in [0, 0.05) is 46.7 Å². The van der Waals surface area contributed by atoms with Crippen molar-refractivity contribution in [3.05, 3.63) is 6.07 Å². The molecule has 9 nitrogen and oxygen atoms in total. The summed E-state index contributed by atoms with van der Waals surface area (Å²) in [5.41, 5.74) is 5.76. The molecule has 1 saturated heterocycles. The third-order valence-corrected chi connectivity index (χ3v) is 3.54. The minimum absolute atomic E-state index is 0.0908. The van der Waals surface area contributed by atoms with Gasteiger partial charge in [-0.1, -0.05) is 0 Å². The zero-order valence-corrected chi connectivity index (χ0v) is 13.7. The number of nitrogens with one attached hydrogen (secondary N) is 1. The van der Waals surface area contributed by atoms with E-state index in [1.54, 1.807) is 7.05 Å². The lowest BCUT2D eigenvalue weighted by Gasteiger charge is -2.20. The second kappa shape index (κ2) is 8.76. The van der Waals surface area contributed by atoms with Crippen LogP contribution in [0.1, 0.15) is 12.8 Å². The summed E-state index contributed by atoms with van der Waals surface area (Å²) in [6, 6.07) is 1.93. The predicted octanol–water partition coefficient (Wildman–Crippen LogP) is -0.212. The number of rotatable bonds is 4. The summed E-state index contributed by atoms with van der Waals surface area (Å²) in [7, 11) is 5.51. The lowest BCUT2D eigenvalue weighted by molar-refractivity contribution is -0.123. The summed E-state index contributed by atoms with van der Waals surface area (Å²) in [5.74, 6) is 2.37. The number of anilines is 3. The number of aromatic nitrogens is 2. The second-order valence-electron chi connectivity index (χ2n) is 5.42. The minimum atomic E-state index is -0.250. The Morgan fingerprint density at radius 2 is 2.22 bits per heavy atom. The first-order valence-corrected chi connectivity index (χ1v) is 7.26. The highest BCUT2D eigenvalue weighted by molar-refractivity contribution is 5.76. The Labute approximate surface area is 135 Å². The fraction of sp³-hybridized carbons (Fsp3) is 0.571. The maximum atomic E-state index is 11.4. The topological polar surface area (TPSA) is 125 Å². The monoisotopic (exact) mass is 324 g/mol. The van der Waals surface area contributed by atoms with Crippen molar-refractivity contribution in [2.45, 2.75) is 12.8 Å². The number of nitrogen functional groups attached to an aromatic ring is 1. The molecule has 0 aliphatic carbocycles. The highest BCUT2D eigenvalue weighted by atomic mass is 16.3. The molecule has 2 heterocycles. The highest BCUT2D eigenvalue weighted by Crippen LogP contribution is 2.26. The summed E-state index contributed by atoms with van der Waals surface area (Å²) in [6.07, 6.45) is 1.56. The molecule has 2 rings (SSSR count). The smallest absolute Gasteiger partial charge is 0.290 e. The van der Waals surface area contributed by atoms with Crippen LogP contribution in [0.2, 0.25) is 0 Å². The summed E-state index contributed by atoms with van der Waals surface area (Å²) < 4.78 is 0. The van der Waals surface area contributed by atoms with Crippen LogP contribution < -0.4 is 20.9 Å². The number of hydrogen-bond acceptors (Lipinski definition) is 7. The standard InChI is InChI=1S/C13H22N6O.CH2O2/c1-15-12(20)6-9-4-5-19(8-9)11-7-10(18(2)3)16-13(14)17-11;2-1-3/h7,9H,4-6,8H2,1-3H3,(H,15,20)(H2,14,16,17);1H,(H,2,3). The van der Waals surface area contributed by atoms with Gasteiger partial charge in [-0.05, 0) is 12.3 Å². The van der Waals surface area contributed by atoms with Gasteiger partial charge in [-0.2, -0.15) is 9.97 Å². The van der Waals surface area contributed by atoms with Gasteiger partial charge in [-0.15, -0.1) is 0 Å². The van der Waals surface area contributed by atoms with Gasteiger partial charge >= 0.3 is 0 Å². The van der Waals surface area contributed by atoms with Gasteiger partial charge in [0.15, 0.2) is 0 Å². The van der Waals surface area contributed by atoms with Gasteiger partial charge in [0.25, 0.3) is 6.47 Å². The van der Waals surface area contributed by atoms with Gasteiger partial charge in [0.2, 0.25) is 11.9 Å². The van der Waals surface area contributed by atoms with Crippen LogP contribution in [-0.4, -0.2) is 61.7 Å². The quantitative estimate of drug-likeness (QED) is 0.650. The number of amides is 1. The van der Waals surface area contributed by atoms with E-state index in [0.717, 1.165) is 31.1 Å². The molecule has 0 radical (unpaired) electrons. The molecule has 9 heteroatoms. The summed E-state index contributed by atoms with van der Waals surface area (Å²) >= 11 is 0. The molecule has 1 atom stereocenters. The van der Waals surface area contributed by atoms with Crippen molar-refractivity contribution in [1.29, 1.82) is 0 Å². The Hall–Kier alpha value is -2.58. The third-order valence-electron chi connectivity index (χ3n) is 3.54. The van der Waals surface area contributed by atoms with Crippen LogP contribution in [0.3, 0.4) is 0 Å². The second-order valence-corrected chi connectivity index (χ2v) is 5.42. The predicted molar refractivity (Wildman–Crippen MR) is 88.5 cm³/mol. The van der Waals surface area contributed by atoms with Crippen LogP contribution >= 0.6 is 0 Å². The Balaban J connectivity index is 0.000000816. The highest BCUT2D eigenvalue weighted by Gasteiger charge is 2.25. The molecule has 23 heavy (non-hydrogen) atoms. The van der Waals surface area contributed by atoms with Crippen molar-refractivity contribution in [1.82, 2.24) is 15.3 Å². The minimum Gasteiger partial charge on any atom is -0.483 e. The number of hydrogen-bond donors (Lipinski definition) is 3. The zero-order valence-electron chi connectivity index (χ0n) is 13.7. The van der Waals surface area contributed by atoms with Crippen molar-refractivity contribution in [3.63, 3.8) is 0 Å². The molecule has 1 fully saturated rings. The molecule has 4 N–H and O–H groups in total. The largest absolute Gasteiger partial charge is 0.483 e. The van der Waals surface area contributed by atoms with Crippen LogP contribution in [0.4, 0.5) is 17.6 Å². The number of carboxylic acid groups (broad SMARTS) is 1. The van der Waals surface area contributed by atoms with Crippen molar-refractivity contribution in [2.24, 2.45) is 5.92 Å². The van der Waals surface area contributed by atoms with Gasteiger partial charge in [0.1, 0.15) is 11.6 Å². The Bertz CT molecular complexity index is 537. The molecule has 1 aromatic heterocycles. The Kier molecular flexibility index (Phi) is 7.04. The molecule has 1 amide bonds. The Morgan fingerprint density at radius 1 is 1.57 bits per heavy atom. The van der Waals surface area contributed by atoms with Crippen molar-refractivity contribution >= 4 is 30.0 Å². The van der Waals surface area contributed by atoms with Crippen LogP contribution in [0.15, 0.2) is 6.07 Å². The van der Waals surface area contributed by atoms with Crippen molar-refractivity contribution < 1.29 is 14.7 Å². The fourth-order valence-electron chi connectivity index (χ4n) is 2.40. The maximum Gasteiger partial charge on any atom is 0.290 e. The van der Waals surface area contributed by atoms with Gasteiger partial charge in [0.05, 0.1) is 0 Å². The Morgan fingerprint density at radius 3 is 2.78 bits per heavy atom. The van der Waals surface area contributed by atoms with Crippen LogP contribution in [0.25, 0.3) is 0 Å². The number of nitrogens with zero attached hydrogens (tertiary/aromatic N) is 4. The van der Waals surface area contributed by atoms with Crippen LogP contribution in [0, 0.1) is 5.92 Å². The molecular weight excluding hydrogens is 300 g/mol. The normalized spacial score (nSPS) is 16.3. The van der Waals surface area contributed by atoms with Crippen molar-refractivity contribution in [2.75, 3.05) is 49.8 Å². The first-order chi connectivity index (χ1) is 10.9. The van der Waals surface area contributed by atoms with Gasteiger partial charge in [-0.25, -0.2) is 0 Å². The zero-order chi connectivity index (χ0) is 17.4. The molecule has 1 aromatic rings. The van der Waals surface area contributed by atoms with E-state index in [0.29, 0.717) is 12.3 Å². The lowest BCUT2D eigenvalue weighted by Crippen LogP contribution is -2.25. The third kappa shape index (κ3) is 5.61. The van der Waals surface area contributed by atoms with E-state index >= 15 is 0 Å². The molecule has 0 saturated carbocycles. The fourth-order valence-corrected chi connectivity index (χ4v) is 2.40. The molecule has 128 valence electrons. The average molecular weight is 324 g/mol. The van der Waals surface area contributed by atoms with E-state index in [4.69, 9.17) is 15.6 Å². The van der Waals surface area contributed by atoms with Gasteiger partial charge < -0.3 is 26.0 Å². The van der Waals surface area contributed by atoms with E-state index in [2.05, 4.69) is 20.2 Å². The molecule has 1 unspecified atom stereocenters. The number of carbonyl (C=O) groups excluding carboxylic acids is 1. The van der Waals surface area contributed by atoms with E-state index < -0.39 is 0 Å². The molecule has 1 aliphatic rings. The molecule has 1 aliphatic heterocycles. The van der Waals surface area contributed by atoms with E-state index in [1.807, 2.05) is 25.1 Å². The SMILES string of the molecule is CNC(=O)CC1CCN(c2cc(N(C)C)nc(N)n2)C1.O=CO. The summed E-state index contributed by atoms with van der Waals surface area (Å²) in [4.78, 5) is 32.3. The van der Waals surface area contributed by atoms with Gasteiger partial charge in [-0.3, -0.25) is 9.59 Å². The average Bonchev–Trinajstić information content (AvgIpc) is 2.95. The van der Waals surface area contributed by atoms with Crippen LogP contribution in [0.5, 0.6) is 0 Å². The molecule has 0 bridgehead atoms. The summed E-state index contributed by atoms with van der Waals surface area (Å²) in [5, 5.41) is 9.56. The number of carbonyl (C=O) groups is 2. The van der Waals surface area contributed by atoms with E-state index in [1.165, 1.54) is 0 Å². The van der Waals surface area contributed by atoms with E-state index in [9.17, 15) is 4.79 Å². The van der Waals surface area contributed by atoms with Crippen LogP contribution in [-0.2, 0) is 9.59 Å². The lowest BCUT2D eigenvalue weighted by atomic mass is 10.1. The molecular formula is C14H24N6O3. The summed E-state index contributed by atoms with van der Waals surface area (Å²) in [6.45, 7) is 1.47. The molecule has 0 spiro atoms. The molecule has 0 aromatic carbocycles. The van der Waals surface area contributed by atoms with Crippen molar-refractivity contribution in [3.8, 4) is 0 Å². The van der Waals surface area contributed by atoms with E-state index in [-0.39, 0.29) is 18.3 Å².